The van der Waals surface area contributed by atoms with Gasteiger partial charge >= 0.3 is 5.97 Å². The number of rotatable bonds is 5. The van der Waals surface area contributed by atoms with Crippen LogP contribution in [0.3, 0.4) is 0 Å². The Hall–Kier alpha value is -1.39. The molecule has 0 radical (unpaired) electrons. The van der Waals surface area contributed by atoms with Gasteiger partial charge in [-0.1, -0.05) is 25.5 Å². The molecule has 3 N–H and O–H groups in total. The van der Waals surface area contributed by atoms with Crippen LogP contribution in [0.25, 0.3) is 0 Å². The number of carbonyl (C=O) groups is 1. The van der Waals surface area contributed by atoms with Gasteiger partial charge < -0.3 is 15.6 Å². The van der Waals surface area contributed by atoms with Crippen LogP contribution in [0.15, 0.2) is 24.3 Å². The highest BCUT2D eigenvalue weighted by molar-refractivity contribution is 5.78. The predicted molar refractivity (Wildman–Crippen MR) is 61.1 cm³/mol. The first-order valence-electron chi connectivity index (χ1n) is 5.34. The lowest BCUT2D eigenvalue weighted by Gasteiger charge is -2.08. The minimum absolute atomic E-state index is 0.410. The highest BCUT2D eigenvalue weighted by Crippen LogP contribution is 2.13. The SMILES string of the molecule is CCCc1ccc(OC(=O)C(N)CO)cc1. The quantitative estimate of drug-likeness (QED) is 0.573. The second kappa shape index (κ2) is 6.25. The zero-order valence-corrected chi connectivity index (χ0v) is 9.35. The minimum atomic E-state index is -0.977. The third kappa shape index (κ3) is 3.64. The molecule has 1 rings (SSSR count). The maximum atomic E-state index is 11.2. The lowest BCUT2D eigenvalue weighted by molar-refractivity contribution is -0.136. The summed E-state index contributed by atoms with van der Waals surface area (Å²) in [6.07, 6.45) is 2.08. The third-order valence-electron chi connectivity index (χ3n) is 2.18. The Bertz CT molecular complexity index is 335. The smallest absolute Gasteiger partial charge is 0.330 e. The number of esters is 1. The predicted octanol–water partition coefficient (Wildman–Crippen LogP) is 0.864. The molecule has 0 spiro atoms. The van der Waals surface area contributed by atoms with Gasteiger partial charge in [0, 0.05) is 0 Å². The van der Waals surface area contributed by atoms with Crippen LogP contribution in [0.1, 0.15) is 18.9 Å². The second-order valence-corrected chi connectivity index (χ2v) is 3.60. The minimum Gasteiger partial charge on any atom is -0.425 e. The summed E-state index contributed by atoms with van der Waals surface area (Å²) < 4.78 is 4.98. The first-order chi connectivity index (χ1) is 7.67. The van der Waals surface area contributed by atoms with Gasteiger partial charge in [-0.05, 0) is 24.1 Å². The van der Waals surface area contributed by atoms with E-state index in [0.717, 1.165) is 12.8 Å². The molecule has 0 saturated carbocycles. The summed E-state index contributed by atoms with van der Waals surface area (Å²) in [6.45, 7) is 1.70. The van der Waals surface area contributed by atoms with Gasteiger partial charge in [-0.2, -0.15) is 0 Å². The van der Waals surface area contributed by atoms with Crippen molar-refractivity contribution in [3.05, 3.63) is 29.8 Å². The van der Waals surface area contributed by atoms with Crippen LogP contribution in [0, 0.1) is 0 Å². The van der Waals surface area contributed by atoms with Crippen molar-refractivity contribution in [1.82, 2.24) is 0 Å². The van der Waals surface area contributed by atoms with E-state index in [1.807, 2.05) is 12.1 Å². The summed E-state index contributed by atoms with van der Waals surface area (Å²) in [5, 5.41) is 8.67. The molecule has 1 aromatic carbocycles. The summed E-state index contributed by atoms with van der Waals surface area (Å²) in [6, 6.07) is 6.31. The molecule has 0 saturated heterocycles. The molecular formula is C12H17NO3. The number of nitrogens with two attached hydrogens (primary N) is 1. The van der Waals surface area contributed by atoms with Gasteiger partial charge in [0.2, 0.25) is 0 Å². The van der Waals surface area contributed by atoms with E-state index in [0.29, 0.717) is 5.75 Å². The molecule has 1 aromatic rings. The Morgan fingerprint density at radius 3 is 2.56 bits per heavy atom. The summed E-state index contributed by atoms with van der Waals surface area (Å²) >= 11 is 0. The number of aliphatic hydroxyl groups excluding tert-OH is 1. The highest BCUT2D eigenvalue weighted by Gasteiger charge is 2.14. The number of carbonyl (C=O) groups excluding carboxylic acids is 1. The van der Waals surface area contributed by atoms with E-state index in [2.05, 4.69) is 6.92 Å². The van der Waals surface area contributed by atoms with E-state index in [9.17, 15) is 4.79 Å². The summed E-state index contributed by atoms with van der Waals surface area (Å²) in [5.41, 5.74) is 6.52. The third-order valence-corrected chi connectivity index (χ3v) is 2.18. The van der Waals surface area contributed by atoms with Crippen LogP contribution < -0.4 is 10.5 Å². The number of hydrogen-bond acceptors (Lipinski definition) is 4. The maximum Gasteiger partial charge on any atom is 0.330 e. The monoisotopic (exact) mass is 223 g/mol. The standard InChI is InChI=1S/C12H17NO3/c1-2-3-9-4-6-10(7-5-9)16-12(15)11(13)8-14/h4-7,11,14H,2-3,8,13H2,1H3. The van der Waals surface area contributed by atoms with Crippen LogP contribution in [-0.4, -0.2) is 23.7 Å². The molecule has 0 fully saturated rings. The zero-order valence-electron chi connectivity index (χ0n) is 9.35. The molecule has 4 heteroatoms. The Morgan fingerprint density at radius 1 is 1.44 bits per heavy atom. The molecule has 16 heavy (non-hydrogen) atoms. The van der Waals surface area contributed by atoms with Crippen molar-refractivity contribution in [1.29, 1.82) is 0 Å². The molecule has 0 heterocycles. The summed E-state index contributed by atoms with van der Waals surface area (Å²) in [4.78, 5) is 11.2. The van der Waals surface area contributed by atoms with Crippen LogP contribution in [-0.2, 0) is 11.2 Å². The zero-order chi connectivity index (χ0) is 12.0. The van der Waals surface area contributed by atoms with Crippen LogP contribution in [0.4, 0.5) is 0 Å². The molecule has 4 nitrogen and oxygen atoms in total. The number of hydrogen-bond donors (Lipinski definition) is 2. The van der Waals surface area contributed by atoms with Gasteiger partial charge in [-0.15, -0.1) is 0 Å². The highest BCUT2D eigenvalue weighted by atomic mass is 16.5. The Balaban J connectivity index is 2.58. The number of aliphatic hydroxyl groups is 1. The van der Waals surface area contributed by atoms with Gasteiger partial charge in [0.1, 0.15) is 11.8 Å². The largest absolute Gasteiger partial charge is 0.425 e. The van der Waals surface area contributed by atoms with E-state index in [4.69, 9.17) is 15.6 Å². The molecule has 0 amide bonds. The molecule has 1 atom stereocenters. The number of ether oxygens (including phenoxy) is 1. The van der Waals surface area contributed by atoms with E-state index in [-0.39, 0.29) is 0 Å². The van der Waals surface area contributed by atoms with Gasteiger partial charge in [0.25, 0.3) is 0 Å². The van der Waals surface area contributed by atoms with Gasteiger partial charge in [-0.3, -0.25) is 0 Å². The fraction of sp³-hybridized carbons (Fsp3) is 0.417. The molecular weight excluding hydrogens is 206 g/mol. The van der Waals surface area contributed by atoms with Crippen molar-refractivity contribution < 1.29 is 14.6 Å². The molecule has 88 valence electrons. The molecule has 0 aliphatic carbocycles. The topological polar surface area (TPSA) is 72.5 Å². The van der Waals surface area contributed by atoms with E-state index < -0.39 is 18.6 Å². The van der Waals surface area contributed by atoms with Crippen molar-refractivity contribution in [2.75, 3.05) is 6.61 Å². The number of aryl methyl sites for hydroxylation is 1. The van der Waals surface area contributed by atoms with E-state index in [1.54, 1.807) is 12.1 Å². The lowest BCUT2D eigenvalue weighted by atomic mass is 10.1. The fourth-order valence-electron chi connectivity index (χ4n) is 1.28. The van der Waals surface area contributed by atoms with E-state index in [1.165, 1.54) is 5.56 Å². The average Bonchev–Trinajstić information content (AvgIpc) is 2.31. The van der Waals surface area contributed by atoms with Crippen LogP contribution in [0.2, 0.25) is 0 Å². The Labute approximate surface area is 95.0 Å². The Kier molecular flexibility index (Phi) is 4.95. The van der Waals surface area contributed by atoms with Crippen molar-refractivity contribution in [3.8, 4) is 5.75 Å². The summed E-state index contributed by atoms with van der Waals surface area (Å²) in [5.74, 6) is -0.167. The van der Waals surface area contributed by atoms with Crippen molar-refractivity contribution in [2.45, 2.75) is 25.8 Å². The number of benzene rings is 1. The molecule has 1 unspecified atom stereocenters. The second-order valence-electron chi connectivity index (χ2n) is 3.60. The van der Waals surface area contributed by atoms with Crippen molar-refractivity contribution >= 4 is 5.97 Å². The van der Waals surface area contributed by atoms with Gasteiger partial charge in [-0.25, -0.2) is 4.79 Å². The average molecular weight is 223 g/mol. The maximum absolute atomic E-state index is 11.2. The van der Waals surface area contributed by atoms with Crippen molar-refractivity contribution in [3.63, 3.8) is 0 Å². The van der Waals surface area contributed by atoms with Crippen LogP contribution in [0.5, 0.6) is 5.75 Å². The molecule has 0 bridgehead atoms. The molecule has 0 aliphatic rings. The summed E-state index contributed by atoms with van der Waals surface area (Å²) in [7, 11) is 0. The first kappa shape index (κ1) is 12.7. The normalized spacial score (nSPS) is 12.2. The van der Waals surface area contributed by atoms with E-state index >= 15 is 0 Å². The first-order valence-corrected chi connectivity index (χ1v) is 5.34. The Morgan fingerprint density at radius 2 is 2.06 bits per heavy atom. The van der Waals surface area contributed by atoms with Crippen molar-refractivity contribution in [2.24, 2.45) is 5.73 Å². The van der Waals surface area contributed by atoms with Crippen LogP contribution >= 0.6 is 0 Å². The van der Waals surface area contributed by atoms with Gasteiger partial charge in [0.15, 0.2) is 0 Å². The lowest BCUT2D eigenvalue weighted by Crippen LogP contribution is -2.37. The molecule has 0 aromatic heterocycles. The van der Waals surface area contributed by atoms with Gasteiger partial charge in [0.05, 0.1) is 6.61 Å². The molecule has 0 aliphatic heterocycles. The fourth-order valence-corrected chi connectivity index (χ4v) is 1.28.